The molecule has 0 radical (unpaired) electrons. The number of H-pyrrole nitrogens is 1. The van der Waals surface area contributed by atoms with Gasteiger partial charge in [0.2, 0.25) is 0 Å². The Kier molecular flexibility index (Phi) is 2.77. The van der Waals surface area contributed by atoms with Crippen molar-refractivity contribution in [1.82, 2.24) is 10.3 Å². The summed E-state index contributed by atoms with van der Waals surface area (Å²) >= 11 is 0. The first-order chi connectivity index (χ1) is 8.33. The SMILES string of the molecule is Oc1ccc2[nH]cc(CNC3CCCC3)c2c1. The number of aromatic hydroxyl groups is 1. The molecule has 0 aliphatic heterocycles. The monoisotopic (exact) mass is 230 g/mol. The molecule has 0 bridgehead atoms. The molecule has 3 nitrogen and oxygen atoms in total. The highest BCUT2D eigenvalue weighted by Crippen LogP contribution is 2.24. The number of phenolic OH excluding ortho intramolecular Hbond substituents is 1. The summed E-state index contributed by atoms with van der Waals surface area (Å²) in [5, 5.41) is 14.2. The Morgan fingerprint density at radius 1 is 1.29 bits per heavy atom. The number of nitrogens with one attached hydrogen (secondary N) is 2. The number of phenols is 1. The molecule has 0 atom stereocenters. The minimum atomic E-state index is 0.333. The van der Waals surface area contributed by atoms with Crippen molar-refractivity contribution in [3.05, 3.63) is 30.0 Å². The molecule has 2 aromatic rings. The molecule has 0 saturated heterocycles. The van der Waals surface area contributed by atoms with E-state index in [1.807, 2.05) is 18.3 Å². The summed E-state index contributed by atoms with van der Waals surface area (Å²) < 4.78 is 0. The molecule has 90 valence electrons. The van der Waals surface area contributed by atoms with Gasteiger partial charge in [0.15, 0.2) is 0 Å². The number of aromatic amines is 1. The molecule has 1 aliphatic carbocycles. The highest BCUT2D eigenvalue weighted by Gasteiger charge is 2.14. The second kappa shape index (κ2) is 4.41. The lowest BCUT2D eigenvalue weighted by molar-refractivity contribution is 0.476. The first kappa shape index (κ1) is 10.7. The molecule has 0 spiro atoms. The third-order valence-electron chi connectivity index (χ3n) is 3.69. The van der Waals surface area contributed by atoms with Crippen molar-refractivity contribution < 1.29 is 5.11 Å². The zero-order valence-electron chi connectivity index (χ0n) is 9.87. The van der Waals surface area contributed by atoms with Gasteiger partial charge in [-0.25, -0.2) is 0 Å². The van der Waals surface area contributed by atoms with E-state index in [1.54, 1.807) is 6.07 Å². The van der Waals surface area contributed by atoms with Gasteiger partial charge in [0.1, 0.15) is 5.75 Å². The van der Waals surface area contributed by atoms with Gasteiger partial charge in [-0.05, 0) is 36.6 Å². The molecule has 1 saturated carbocycles. The maximum Gasteiger partial charge on any atom is 0.116 e. The van der Waals surface area contributed by atoms with Gasteiger partial charge < -0.3 is 15.4 Å². The molecule has 3 rings (SSSR count). The van der Waals surface area contributed by atoms with Gasteiger partial charge in [-0.1, -0.05) is 12.8 Å². The van der Waals surface area contributed by atoms with Crippen LogP contribution in [0, 0.1) is 0 Å². The fraction of sp³-hybridized carbons (Fsp3) is 0.429. The van der Waals surface area contributed by atoms with Crippen LogP contribution >= 0.6 is 0 Å². The van der Waals surface area contributed by atoms with E-state index < -0.39 is 0 Å². The van der Waals surface area contributed by atoms with Crippen LogP contribution in [0.2, 0.25) is 0 Å². The third-order valence-corrected chi connectivity index (χ3v) is 3.69. The van der Waals surface area contributed by atoms with Gasteiger partial charge in [-0.2, -0.15) is 0 Å². The van der Waals surface area contributed by atoms with Crippen LogP contribution in [0.15, 0.2) is 24.4 Å². The molecule has 1 aromatic heterocycles. The van der Waals surface area contributed by atoms with E-state index in [0.29, 0.717) is 11.8 Å². The highest BCUT2D eigenvalue weighted by atomic mass is 16.3. The van der Waals surface area contributed by atoms with Crippen molar-refractivity contribution in [2.75, 3.05) is 0 Å². The Labute approximate surface area is 101 Å². The summed E-state index contributed by atoms with van der Waals surface area (Å²) in [4.78, 5) is 3.24. The average molecular weight is 230 g/mol. The smallest absolute Gasteiger partial charge is 0.116 e. The number of aromatic nitrogens is 1. The number of rotatable bonds is 3. The molecule has 3 heteroatoms. The van der Waals surface area contributed by atoms with Crippen LogP contribution in [0.5, 0.6) is 5.75 Å². The minimum absolute atomic E-state index is 0.333. The van der Waals surface area contributed by atoms with Crippen molar-refractivity contribution in [3.63, 3.8) is 0 Å². The Morgan fingerprint density at radius 3 is 2.94 bits per heavy atom. The van der Waals surface area contributed by atoms with Crippen LogP contribution in [0.3, 0.4) is 0 Å². The van der Waals surface area contributed by atoms with Gasteiger partial charge in [0.25, 0.3) is 0 Å². The Bertz CT molecular complexity index is 512. The minimum Gasteiger partial charge on any atom is -0.508 e. The number of hydrogen-bond donors (Lipinski definition) is 3. The first-order valence-electron chi connectivity index (χ1n) is 6.35. The second-order valence-electron chi connectivity index (χ2n) is 4.91. The van der Waals surface area contributed by atoms with Crippen LogP contribution in [-0.2, 0) is 6.54 Å². The summed E-state index contributed by atoms with van der Waals surface area (Å²) in [7, 11) is 0. The van der Waals surface area contributed by atoms with E-state index >= 15 is 0 Å². The van der Waals surface area contributed by atoms with Gasteiger partial charge in [0, 0.05) is 29.7 Å². The van der Waals surface area contributed by atoms with E-state index in [0.717, 1.165) is 17.4 Å². The lowest BCUT2D eigenvalue weighted by Gasteiger charge is -2.10. The van der Waals surface area contributed by atoms with Gasteiger partial charge in [0.05, 0.1) is 0 Å². The predicted octanol–water partition coefficient (Wildman–Crippen LogP) is 2.91. The van der Waals surface area contributed by atoms with E-state index in [2.05, 4.69) is 10.3 Å². The maximum atomic E-state index is 9.52. The van der Waals surface area contributed by atoms with Gasteiger partial charge in [-0.3, -0.25) is 0 Å². The third kappa shape index (κ3) is 2.15. The maximum absolute atomic E-state index is 9.52. The Balaban J connectivity index is 1.77. The van der Waals surface area contributed by atoms with Crippen LogP contribution in [0.1, 0.15) is 31.2 Å². The second-order valence-corrected chi connectivity index (χ2v) is 4.91. The molecule has 1 heterocycles. The van der Waals surface area contributed by atoms with Crippen LogP contribution in [-0.4, -0.2) is 16.1 Å². The molecule has 1 aromatic carbocycles. The van der Waals surface area contributed by atoms with E-state index in [9.17, 15) is 5.11 Å². The highest BCUT2D eigenvalue weighted by molar-refractivity contribution is 5.84. The fourth-order valence-corrected chi connectivity index (χ4v) is 2.70. The van der Waals surface area contributed by atoms with Crippen molar-refractivity contribution in [1.29, 1.82) is 0 Å². The van der Waals surface area contributed by atoms with E-state index in [1.165, 1.54) is 31.2 Å². The van der Waals surface area contributed by atoms with E-state index in [-0.39, 0.29) is 0 Å². The summed E-state index contributed by atoms with van der Waals surface area (Å²) in [6, 6.07) is 6.14. The van der Waals surface area contributed by atoms with Crippen molar-refractivity contribution >= 4 is 10.9 Å². The quantitative estimate of drug-likeness (QED) is 0.759. The normalized spacial score (nSPS) is 16.9. The lowest BCUT2D eigenvalue weighted by atomic mass is 10.1. The molecular weight excluding hydrogens is 212 g/mol. The number of fused-ring (bicyclic) bond motifs is 1. The summed E-state index contributed by atoms with van der Waals surface area (Å²) in [5.74, 6) is 0.333. The summed E-state index contributed by atoms with van der Waals surface area (Å²) in [6.07, 6.45) is 7.34. The van der Waals surface area contributed by atoms with Crippen LogP contribution in [0.4, 0.5) is 0 Å². The molecule has 1 fully saturated rings. The zero-order chi connectivity index (χ0) is 11.7. The van der Waals surface area contributed by atoms with Gasteiger partial charge >= 0.3 is 0 Å². The lowest BCUT2D eigenvalue weighted by Crippen LogP contribution is -2.25. The Morgan fingerprint density at radius 2 is 2.12 bits per heavy atom. The van der Waals surface area contributed by atoms with Crippen molar-refractivity contribution in [2.24, 2.45) is 0 Å². The first-order valence-corrected chi connectivity index (χ1v) is 6.35. The van der Waals surface area contributed by atoms with Crippen molar-refractivity contribution in [3.8, 4) is 5.75 Å². The Hall–Kier alpha value is -1.48. The molecule has 3 N–H and O–H groups in total. The van der Waals surface area contributed by atoms with E-state index in [4.69, 9.17) is 0 Å². The summed E-state index contributed by atoms with van der Waals surface area (Å²) in [6.45, 7) is 0.883. The summed E-state index contributed by atoms with van der Waals surface area (Å²) in [5.41, 5.74) is 2.33. The van der Waals surface area contributed by atoms with Gasteiger partial charge in [-0.15, -0.1) is 0 Å². The molecule has 0 unspecified atom stereocenters. The standard InChI is InChI=1S/C14H18N2O/c17-12-5-6-14-13(7-12)10(9-16-14)8-15-11-3-1-2-4-11/h5-7,9,11,15-17H,1-4,8H2. The predicted molar refractivity (Wildman–Crippen MR) is 69.1 cm³/mol. The number of hydrogen-bond acceptors (Lipinski definition) is 2. The molecule has 1 aliphatic rings. The van der Waals surface area contributed by atoms with Crippen LogP contribution < -0.4 is 5.32 Å². The average Bonchev–Trinajstić information content (AvgIpc) is 2.94. The molecular formula is C14H18N2O. The fourth-order valence-electron chi connectivity index (χ4n) is 2.70. The topological polar surface area (TPSA) is 48.0 Å². The molecule has 17 heavy (non-hydrogen) atoms. The zero-order valence-corrected chi connectivity index (χ0v) is 9.87. The number of benzene rings is 1. The molecule has 0 amide bonds. The largest absolute Gasteiger partial charge is 0.508 e. The van der Waals surface area contributed by atoms with Crippen LogP contribution in [0.25, 0.3) is 10.9 Å². The van der Waals surface area contributed by atoms with Crippen molar-refractivity contribution in [2.45, 2.75) is 38.3 Å².